The molecule has 130 valence electrons. The lowest BCUT2D eigenvalue weighted by Crippen LogP contribution is -1.98. The van der Waals surface area contributed by atoms with E-state index in [1.165, 1.54) is 0 Å². The van der Waals surface area contributed by atoms with Gasteiger partial charge in [-0.3, -0.25) is 14.6 Å². The predicted molar refractivity (Wildman–Crippen MR) is 109 cm³/mol. The van der Waals surface area contributed by atoms with Gasteiger partial charge in [-0.2, -0.15) is 5.10 Å². The smallest absolute Gasteiger partial charge is 0.200 e. The zero-order chi connectivity index (χ0) is 17.1. The van der Waals surface area contributed by atoms with Crippen molar-refractivity contribution in [1.29, 1.82) is 0 Å². The highest BCUT2D eigenvalue weighted by molar-refractivity contribution is 7.71. The van der Waals surface area contributed by atoms with Gasteiger partial charge in [-0.05, 0) is 60.7 Å². The summed E-state index contributed by atoms with van der Waals surface area (Å²) in [6.45, 7) is 0. The van der Waals surface area contributed by atoms with Crippen molar-refractivity contribution in [1.82, 2.24) is 19.7 Å². The van der Waals surface area contributed by atoms with Gasteiger partial charge in [-0.15, -0.1) is 12.4 Å². The van der Waals surface area contributed by atoms with E-state index in [-0.39, 0.29) is 12.4 Å². The molecule has 2 aromatic carbocycles. The van der Waals surface area contributed by atoms with Crippen LogP contribution in [0.5, 0.6) is 0 Å². The molecule has 0 unspecified atom stereocenters. The first-order valence-corrected chi connectivity index (χ1v) is 8.22. The minimum absolute atomic E-state index is 0. The van der Waals surface area contributed by atoms with Crippen molar-refractivity contribution < 1.29 is 0 Å². The summed E-state index contributed by atoms with van der Waals surface area (Å²) in [6.07, 6.45) is 3.51. The minimum Gasteiger partial charge on any atom is -0.356 e. The van der Waals surface area contributed by atoms with Crippen LogP contribution < -0.4 is 5.32 Å². The maximum Gasteiger partial charge on any atom is 0.200 e. The summed E-state index contributed by atoms with van der Waals surface area (Å²) in [5.74, 6) is 0.738. The lowest BCUT2D eigenvalue weighted by molar-refractivity contribution is 1.03. The van der Waals surface area contributed by atoms with Crippen molar-refractivity contribution >= 4 is 36.0 Å². The standard InChI is InChI=1S/C19H15N5S.ClH/c25-19-23-22-18(14-5-4-12-20-13-14)24(19)17-10-8-16(9-11-17)21-15-6-2-1-3-7-15;/h1-13,21H,(H,23,25);1H. The van der Waals surface area contributed by atoms with Gasteiger partial charge >= 0.3 is 0 Å². The second-order valence-electron chi connectivity index (χ2n) is 5.47. The Morgan fingerprint density at radius 2 is 1.62 bits per heavy atom. The maximum absolute atomic E-state index is 5.40. The number of aromatic amines is 1. The largest absolute Gasteiger partial charge is 0.356 e. The van der Waals surface area contributed by atoms with Gasteiger partial charge in [-0.25, -0.2) is 0 Å². The number of anilines is 2. The number of nitrogens with zero attached hydrogens (tertiary/aromatic N) is 3. The molecule has 0 saturated carbocycles. The first kappa shape index (κ1) is 17.8. The molecule has 0 aliphatic rings. The number of nitrogens with one attached hydrogen (secondary N) is 2. The fraction of sp³-hybridized carbons (Fsp3) is 0. The molecule has 2 aromatic heterocycles. The number of rotatable bonds is 4. The highest BCUT2D eigenvalue weighted by Gasteiger charge is 2.10. The number of aromatic nitrogens is 4. The number of pyridine rings is 1. The highest BCUT2D eigenvalue weighted by atomic mass is 35.5. The number of hydrogen-bond donors (Lipinski definition) is 2. The molecule has 0 aliphatic heterocycles. The molecule has 7 heteroatoms. The Morgan fingerprint density at radius 3 is 2.31 bits per heavy atom. The maximum atomic E-state index is 5.40. The first-order valence-electron chi connectivity index (χ1n) is 7.81. The Bertz CT molecular complexity index is 1030. The molecule has 2 N–H and O–H groups in total. The van der Waals surface area contributed by atoms with E-state index in [9.17, 15) is 0 Å². The molecule has 4 aromatic rings. The molecular weight excluding hydrogens is 366 g/mol. The third-order valence-electron chi connectivity index (χ3n) is 3.78. The molecule has 0 amide bonds. The quantitative estimate of drug-likeness (QED) is 0.479. The molecule has 26 heavy (non-hydrogen) atoms. The van der Waals surface area contributed by atoms with Gasteiger partial charge in [0.05, 0.1) is 5.69 Å². The number of para-hydroxylation sites is 1. The Hall–Kier alpha value is -2.96. The van der Waals surface area contributed by atoms with Crippen LogP contribution in [0.2, 0.25) is 0 Å². The third-order valence-corrected chi connectivity index (χ3v) is 4.05. The fourth-order valence-electron chi connectivity index (χ4n) is 2.61. The lowest BCUT2D eigenvalue weighted by atomic mass is 10.2. The van der Waals surface area contributed by atoms with E-state index < -0.39 is 0 Å². The first-order chi connectivity index (χ1) is 12.3. The van der Waals surface area contributed by atoms with Crippen LogP contribution in [-0.2, 0) is 0 Å². The van der Waals surface area contributed by atoms with E-state index in [0.29, 0.717) is 4.77 Å². The summed E-state index contributed by atoms with van der Waals surface area (Å²) in [4.78, 5) is 4.15. The van der Waals surface area contributed by atoms with E-state index in [1.54, 1.807) is 12.4 Å². The summed E-state index contributed by atoms with van der Waals surface area (Å²) < 4.78 is 2.45. The normalized spacial score (nSPS) is 10.2. The Morgan fingerprint density at radius 1 is 0.885 bits per heavy atom. The van der Waals surface area contributed by atoms with Crippen LogP contribution in [0.3, 0.4) is 0 Å². The van der Waals surface area contributed by atoms with E-state index in [1.807, 2.05) is 71.3 Å². The fourth-order valence-corrected chi connectivity index (χ4v) is 2.84. The molecule has 0 bridgehead atoms. The monoisotopic (exact) mass is 381 g/mol. The highest BCUT2D eigenvalue weighted by Crippen LogP contribution is 2.23. The van der Waals surface area contributed by atoms with Gasteiger partial charge in [0, 0.05) is 29.3 Å². The SMILES string of the molecule is Cl.S=c1[nH]nc(-c2cccnc2)n1-c1ccc(Nc2ccccc2)cc1. The molecule has 0 atom stereocenters. The van der Waals surface area contributed by atoms with Crippen molar-refractivity contribution in [2.45, 2.75) is 0 Å². The van der Waals surface area contributed by atoms with E-state index >= 15 is 0 Å². The number of hydrogen-bond acceptors (Lipinski definition) is 4. The van der Waals surface area contributed by atoms with Crippen LogP contribution in [0, 0.1) is 4.77 Å². The number of halogens is 1. The molecule has 0 spiro atoms. The Labute approximate surface area is 162 Å². The van der Waals surface area contributed by atoms with Crippen LogP contribution in [0.1, 0.15) is 0 Å². The van der Waals surface area contributed by atoms with Crippen molar-refractivity contribution in [3.8, 4) is 17.1 Å². The average molecular weight is 382 g/mol. The molecule has 5 nitrogen and oxygen atoms in total. The number of benzene rings is 2. The van der Waals surface area contributed by atoms with Crippen molar-refractivity contribution in [2.24, 2.45) is 0 Å². The second kappa shape index (κ2) is 7.95. The van der Waals surface area contributed by atoms with Crippen LogP contribution in [0.15, 0.2) is 79.1 Å². The summed E-state index contributed by atoms with van der Waals surface area (Å²) in [6, 6.07) is 21.9. The third kappa shape index (κ3) is 3.66. The van der Waals surface area contributed by atoms with Gasteiger partial charge in [0.2, 0.25) is 0 Å². The molecule has 0 radical (unpaired) electrons. The van der Waals surface area contributed by atoms with Crippen LogP contribution in [0.25, 0.3) is 17.1 Å². The average Bonchev–Trinajstić information content (AvgIpc) is 3.05. The van der Waals surface area contributed by atoms with Crippen LogP contribution in [-0.4, -0.2) is 19.7 Å². The van der Waals surface area contributed by atoms with Crippen molar-refractivity contribution in [3.05, 3.63) is 83.9 Å². The molecule has 0 aliphatic carbocycles. The van der Waals surface area contributed by atoms with Crippen molar-refractivity contribution in [3.63, 3.8) is 0 Å². The molecule has 0 saturated heterocycles. The van der Waals surface area contributed by atoms with E-state index in [0.717, 1.165) is 28.5 Å². The summed E-state index contributed by atoms with van der Waals surface area (Å²) in [5.41, 5.74) is 3.90. The molecule has 2 heterocycles. The topological polar surface area (TPSA) is 58.5 Å². The van der Waals surface area contributed by atoms with Gasteiger partial charge in [-0.1, -0.05) is 18.2 Å². The zero-order valence-electron chi connectivity index (χ0n) is 13.7. The lowest BCUT2D eigenvalue weighted by Gasteiger charge is -2.09. The van der Waals surface area contributed by atoms with Crippen molar-refractivity contribution in [2.75, 3.05) is 5.32 Å². The molecule has 4 rings (SSSR count). The number of H-pyrrole nitrogens is 1. The summed E-state index contributed by atoms with van der Waals surface area (Å²) in [7, 11) is 0. The van der Waals surface area contributed by atoms with Gasteiger partial charge in [0.25, 0.3) is 0 Å². The van der Waals surface area contributed by atoms with Crippen LogP contribution in [0.4, 0.5) is 11.4 Å². The Kier molecular flexibility index (Phi) is 5.46. The second-order valence-corrected chi connectivity index (χ2v) is 5.85. The zero-order valence-corrected chi connectivity index (χ0v) is 15.3. The molecule has 0 fully saturated rings. The Balaban J connectivity index is 0.00000196. The predicted octanol–water partition coefficient (Wildman–Crippen LogP) is 5.16. The minimum atomic E-state index is 0. The summed E-state index contributed by atoms with van der Waals surface area (Å²) in [5, 5.41) is 10.6. The summed E-state index contributed by atoms with van der Waals surface area (Å²) >= 11 is 5.40. The molecular formula is C19H16ClN5S. The van der Waals surface area contributed by atoms with Gasteiger partial charge in [0.15, 0.2) is 10.6 Å². The van der Waals surface area contributed by atoms with E-state index in [4.69, 9.17) is 12.2 Å². The van der Waals surface area contributed by atoms with Gasteiger partial charge in [0.1, 0.15) is 0 Å². The van der Waals surface area contributed by atoms with Gasteiger partial charge < -0.3 is 5.32 Å². The van der Waals surface area contributed by atoms with Crippen LogP contribution >= 0.6 is 24.6 Å². The van der Waals surface area contributed by atoms with E-state index in [2.05, 4.69) is 20.5 Å².